The zero-order valence-corrected chi connectivity index (χ0v) is 3.74. The Labute approximate surface area is 38.9 Å². The Bertz CT molecular complexity index is 48.2. The molecule has 0 spiro atoms. The van der Waals surface area contributed by atoms with Crippen LogP contribution in [0.1, 0.15) is 6.92 Å². The molecule has 0 saturated carbocycles. The molecule has 0 aliphatic carbocycles. The van der Waals surface area contributed by atoms with Crippen LogP contribution in [0, 0.1) is 0 Å². The predicted molar refractivity (Wildman–Crippen MR) is 17.5 cm³/mol. The highest BCUT2D eigenvalue weighted by Gasteiger charge is 2.07. The SMILES string of the molecule is CCN(F)N(F)F. The average molecular weight is 114 g/mol. The van der Waals surface area contributed by atoms with Crippen LogP contribution in [0.4, 0.5) is 13.4 Å². The largest absolute Gasteiger partial charge is 0.126 e. The van der Waals surface area contributed by atoms with E-state index in [0.717, 1.165) is 0 Å². The Kier molecular flexibility index (Phi) is 2.70. The Morgan fingerprint density at radius 1 is 1.29 bits per heavy atom. The van der Waals surface area contributed by atoms with Crippen molar-refractivity contribution >= 4 is 0 Å². The third-order valence-electron chi connectivity index (χ3n) is 0.425. The maximum absolute atomic E-state index is 11.3. The molecular weight excluding hydrogens is 109 g/mol. The highest BCUT2D eigenvalue weighted by molar-refractivity contribution is 4.12. The monoisotopic (exact) mass is 114 g/mol. The molecule has 2 nitrogen and oxygen atoms in total. The first kappa shape index (κ1) is 6.71. The van der Waals surface area contributed by atoms with Crippen LogP contribution in [-0.4, -0.2) is 17.2 Å². The highest BCUT2D eigenvalue weighted by Crippen LogP contribution is 1.97. The number of hydrazine groups is 1. The van der Waals surface area contributed by atoms with Crippen molar-refractivity contribution in [1.29, 1.82) is 0 Å². The summed E-state index contributed by atoms with van der Waals surface area (Å²) in [6, 6.07) is 0. The summed E-state index contributed by atoms with van der Waals surface area (Å²) in [5, 5.41) is -0.708. The third kappa shape index (κ3) is 2.41. The summed E-state index contributed by atoms with van der Waals surface area (Å²) in [6.07, 6.45) is 0. The van der Waals surface area contributed by atoms with Crippen molar-refractivity contribution < 1.29 is 13.4 Å². The first-order valence-electron chi connectivity index (χ1n) is 1.73. The summed E-state index contributed by atoms with van der Waals surface area (Å²) in [6.45, 7) is 0.930. The zero-order chi connectivity index (χ0) is 5.86. The predicted octanol–water partition coefficient (Wildman–Crippen LogP) is 1.18. The minimum absolute atomic E-state index is 0.340. The lowest BCUT2D eigenvalue weighted by molar-refractivity contribution is -0.368. The second-order valence-electron chi connectivity index (χ2n) is 0.868. The zero-order valence-electron chi connectivity index (χ0n) is 3.74. The Balaban J connectivity index is 3.14. The van der Waals surface area contributed by atoms with Gasteiger partial charge in [0.1, 0.15) is 5.45 Å². The van der Waals surface area contributed by atoms with Crippen LogP contribution in [0.2, 0.25) is 0 Å². The van der Waals surface area contributed by atoms with Gasteiger partial charge in [-0.15, -0.1) is 4.48 Å². The molecule has 0 unspecified atom stereocenters. The van der Waals surface area contributed by atoms with Crippen molar-refractivity contribution in [2.75, 3.05) is 6.54 Å². The van der Waals surface area contributed by atoms with Crippen LogP contribution >= 0.6 is 0 Å². The van der Waals surface area contributed by atoms with E-state index in [1.165, 1.54) is 6.92 Å². The summed E-state index contributed by atoms with van der Waals surface area (Å²) in [5.74, 6) is 0. The molecule has 0 N–H and O–H groups in total. The van der Waals surface area contributed by atoms with Gasteiger partial charge in [-0.3, -0.25) is 0 Å². The van der Waals surface area contributed by atoms with Crippen LogP contribution in [0.25, 0.3) is 0 Å². The fourth-order valence-corrected chi connectivity index (χ4v) is 0.107. The molecule has 0 bridgehead atoms. The van der Waals surface area contributed by atoms with E-state index >= 15 is 0 Å². The minimum atomic E-state index is -1.61. The molecule has 5 heteroatoms. The van der Waals surface area contributed by atoms with E-state index in [1.54, 1.807) is 0 Å². The second kappa shape index (κ2) is 2.81. The average Bonchev–Trinajstić information content (AvgIpc) is 1.65. The number of hydrogen-bond donors (Lipinski definition) is 0. The first-order valence-corrected chi connectivity index (χ1v) is 1.73. The van der Waals surface area contributed by atoms with Crippen LogP contribution < -0.4 is 0 Å². The molecule has 0 aromatic heterocycles. The number of rotatable bonds is 2. The summed E-state index contributed by atoms with van der Waals surface area (Å²) in [5.41, 5.74) is -1.61. The molecule has 0 radical (unpaired) electrons. The lowest BCUT2D eigenvalue weighted by Crippen LogP contribution is -2.21. The van der Waals surface area contributed by atoms with E-state index in [2.05, 4.69) is 0 Å². The lowest BCUT2D eigenvalue weighted by atomic mass is 10.8. The summed E-state index contributed by atoms with van der Waals surface area (Å²) >= 11 is 0. The molecule has 0 atom stereocenters. The Morgan fingerprint density at radius 3 is 1.71 bits per heavy atom. The molecule has 44 valence electrons. The fraction of sp³-hybridized carbons (Fsp3) is 1.00. The molecule has 0 amide bonds. The van der Waals surface area contributed by atoms with E-state index in [1.807, 2.05) is 0 Å². The molecule has 0 aliphatic heterocycles. The van der Waals surface area contributed by atoms with Gasteiger partial charge in [-0.1, -0.05) is 8.96 Å². The summed E-state index contributed by atoms with van der Waals surface area (Å²) < 4.78 is 32.9. The van der Waals surface area contributed by atoms with Gasteiger partial charge in [-0.05, 0) is 12.2 Å². The second-order valence-corrected chi connectivity index (χ2v) is 0.868. The molecule has 0 aromatic rings. The van der Waals surface area contributed by atoms with Crippen molar-refractivity contribution in [1.82, 2.24) is 10.7 Å². The maximum atomic E-state index is 11.3. The molecule has 0 fully saturated rings. The van der Waals surface area contributed by atoms with Gasteiger partial charge in [0.2, 0.25) is 0 Å². The van der Waals surface area contributed by atoms with Crippen LogP contribution in [0.5, 0.6) is 0 Å². The summed E-state index contributed by atoms with van der Waals surface area (Å²) in [7, 11) is 0. The highest BCUT2D eigenvalue weighted by atomic mass is 19.4. The van der Waals surface area contributed by atoms with E-state index in [-0.39, 0.29) is 6.54 Å². The Hall–Kier alpha value is -0.290. The number of halogens is 3. The van der Waals surface area contributed by atoms with Crippen molar-refractivity contribution in [3.05, 3.63) is 0 Å². The standard InChI is InChI=1S/C2H5F3N2/c1-2-6(3)7(4)5/h2H2,1H3. The molecule has 0 aliphatic rings. The van der Waals surface area contributed by atoms with E-state index in [0.29, 0.717) is 0 Å². The molecule has 0 aromatic carbocycles. The fourth-order valence-electron chi connectivity index (χ4n) is 0.107. The van der Waals surface area contributed by atoms with Crippen LogP contribution in [0.3, 0.4) is 0 Å². The molecule has 0 saturated heterocycles. The minimum Gasteiger partial charge on any atom is -0.113 e. The van der Waals surface area contributed by atoms with Crippen molar-refractivity contribution in [2.45, 2.75) is 6.92 Å². The molecule has 7 heavy (non-hydrogen) atoms. The topological polar surface area (TPSA) is 6.48 Å². The lowest BCUT2D eigenvalue weighted by Gasteiger charge is -2.04. The van der Waals surface area contributed by atoms with Gasteiger partial charge in [0.15, 0.2) is 0 Å². The van der Waals surface area contributed by atoms with Gasteiger partial charge in [-0.25, -0.2) is 0 Å². The number of hydrogen-bond acceptors (Lipinski definition) is 2. The van der Waals surface area contributed by atoms with Crippen molar-refractivity contribution in [3.8, 4) is 0 Å². The Morgan fingerprint density at radius 2 is 1.71 bits per heavy atom. The van der Waals surface area contributed by atoms with E-state index in [9.17, 15) is 13.4 Å². The molecule has 0 heterocycles. The van der Waals surface area contributed by atoms with Gasteiger partial charge in [0.25, 0.3) is 0 Å². The third-order valence-corrected chi connectivity index (χ3v) is 0.425. The molecule has 0 rings (SSSR count). The van der Waals surface area contributed by atoms with Gasteiger partial charge in [0.05, 0.1) is 0 Å². The van der Waals surface area contributed by atoms with Crippen molar-refractivity contribution in [2.24, 2.45) is 0 Å². The number of nitrogens with zero attached hydrogens (tertiary/aromatic N) is 2. The van der Waals surface area contributed by atoms with E-state index in [4.69, 9.17) is 0 Å². The van der Waals surface area contributed by atoms with Gasteiger partial charge >= 0.3 is 0 Å². The van der Waals surface area contributed by atoms with Gasteiger partial charge in [-0.2, -0.15) is 0 Å². The van der Waals surface area contributed by atoms with Crippen molar-refractivity contribution in [3.63, 3.8) is 0 Å². The summed E-state index contributed by atoms with van der Waals surface area (Å²) in [4.78, 5) is 0. The van der Waals surface area contributed by atoms with Gasteiger partial charge < -0.3 is 0 Å². The van der Waals surface area contributed by atoms with Crippen LogP contribution in [0.15, 0.2) is 0 Å². The quantitative estimate of drug-likeness (QED) is 0.393. The maximum Gasteiger partial charge on any atom is 0.126 e. The van der Waals surface area contributed by atoms with Gasteiger partial charge in [0, 0.05) is 6.54 Å². The van der Waals surface area contributed by atoms with E-state index < -0.39 is 10.7 Å². The van der Waals surface area contributed by atoms with Crippen LogP contribution in [-0.2, 0) is 0 Å². The first-order chi connectivity index (χ1) is 3.18. The normalized spacial score (nSPS) is 11.1. The smallest absolute Gasteiger partial charge is 0.113 e. The molecular formula is C2H5F3N2.